The third-order valence-electron chi connectivity index (χ3n) is 6.72. The van der Waals surface area contributed by atoms with E-state index >= 15 is 0 Å². The van der Waals surface area contributed by atoms with Crippen molar-refractivity contribution in [3.05, 3.63) is 23.8 Å². The molecule has 184 valence electrons. The zero-order valence-corrected chi connectivity index (χ0v) is 19.5. The fraction of sp³-hybridized carbons (Fsp3) is 0.667. The Labute approximate surface area is 195 Å². The Kier molecular flexibility index (Phi) is 9.92. The van der Waals surface area contributed by atoms with Crippen LogP contribution in [0.25, 0.3) is 0 Å². The number of nitriles is 1. The maximum atomic E-state index is 11.1. The molecule has 0 heterocycles. The number of methoxy groups -OCH3 is 1. The fourth-order valence-corrected chi connectivity index (χ4v) is 4.20. The van der Waals surface area contributed by atoms with E-state index < -0.39 is 17.3 Å². The lowest BCUT2D eigenvalue weighted by Crippen LogP contribution is -2.46. The van der Waals surface area contributed by atoms with Crippen molar-refractivity contribution in [2.75, 3.05) is 34.3 Å². The third kappa shape index (κ3) is 6.81. The number of aliphatic hydroxyl groups excluding tert-OH is 3. The summed E-state index contributed by atoms with van der Waals surface area (Å²) >= 11 is 0. The molecule has 2 aliphatic rings. The van der Waals surface area contributed by atoms with Crippen molar-refractivity contribution in [3.63, 3.8) is 0 Å². The van der Waals surface area contributed by atoms with Crippen LogP contribution in [0.5, 0.6) is 11.5 Å². The molecule has 9 nitrogen and oxygen atoms in total. The number of rotatable bonds is 8. The number of aliphatic carboxylic acids is 1. The average Bonchev–Trinajstić information content (AvgIpc) is 3.37. The summed E-state index contributed by atoms with van der Waals surface area (Å²) in [6.45, 7) is -0.729. The lowest BCUT2D eigenvalue weighted by Gasteiger charge is -2.36. The summed E-state index contributed by atoms with van der Waals surface area (Å²) < 4.78 is 11.4. The van der Waals surface area contributed by atoms with Gasteiger partial charge in [-0.15, -0.1) is 0 Å². The van der Waals surface area contributed by atoms with Gasteiger partial charge in [0.1, 0.15) is 0 Å². The molecule has 0 spiro atoms. The van der Waals surface area contributed by atoms with Gasteiger partial charge in [0, 0.05) is 5.97 Å². The van der Waals surface area contributed by atoms with Gasteiger partial charge in [0.15, 0.2) is 31.7 Å². The topological polar surface area (TPSA) is 143 Å². The smallest absolute Gasteiger partial charge is 0.183 e. The number of ether oxygens (including phenoxy) is 2. The Morgan fingerprint density at radius 3 is 2.12 bits per heavy atom. The van der Waals surface area contributed by atoms with Gasteiger partial charge in [-0.2, -0.15) is 5.26 Å². The van der Waals surface area contributed by atoms with E-state index in [0.29, 0.717) is 37.2 Å². The number of carboxylic acid groups (broad SMARTS) is 1. The number of carbonyl (C=O) groups excluding carboxylic acids is 1. The SMILES string of the molecule is COc1ccc(C2(C#N)CCC(C(=O)[O-])CC2)cc1OC1CCCC1.C[N+](CO)(CO)CO. The van der Waals surface area contributed by atoms with Crippen LogP contribution >= 0.6 is 0 Å². The Hall–Kier alpha value is -2.38. The van der Waals surface area contributed by atoms with Crippen LogP contribution in [-0.4, -0.2) is 66.2 Å². The minimum atomic E-state index is -1.01. The van der Waals surface area contributed by atoms with Crippen LogP contribution in [0.15, 0.2) is 18.2 Å². The molecule has 3 N–H and O–H groups in total. The quantitative estimate of drug-likeness (QED) is 0.382. The summed E-state index contributed by atoms with van der Waals surface area (Å²) in [6, 6.07) is 8.11. The predicted octanol–water partition coefficient (Wildman–Crippen LogP) is 1.00. The summed E-state index contributed by atoms with van der Waals surface area (Å²) in [5.74, 6) is -0.101. The summed E-state index contributed by atoms with van der Waals surface area (Å²) in [6.07, 6.45) is 6.65. The van der Waals surface area contributed by atoms with Gasteiger partial charge in [0.2, 0.25) is 0 Å². The molecule has 9 heteroatoms. The molecule has 0 aromatic heterocycles. The number of carboxylic acids is 1. The molecule has 0 bridgehead atoms. The van der Waals surface area contributed by atoms with E-state index in [1.165, 1.54) is 12.8 Å². The van der Waals surface area contributed by atoms with Crippen LogP contribution in [0.1, 0.15) is 56.9 Å². The zero-order chi connectivity index (χ0) is 24.5. The first-order valence-electron chi connectivity index (χ1n) is 11.4. The van der Waals surface area contributed by atoms with E-state index in [4.69, 9.17) is 24.8 Å². The van der Waals surface area contributed by atoms with Crippen molar-refractivity contribution in [1.29, 1.82) is 5.26 Å². The van der Waals surface area contributed by atoms with Crippen LogP contribution in [0, 0.1) is 17.2 Å². The van der Waals surface area contributed by atoms with E-state index in [1.54, 1.807) is 14.2 Å². The second-order valence-corrected chi connectivity index (χ2v) is 9.22. The van der Waals surface area contributed by atoms with E-state index in [-0.39, 0.29) is 30.8 Å². The first-order chi connectivity index (χ1) is 15.8. The summed E-state index contributed by atoms with van der Waals surface area (Å²) in [5, 5.41) is 46.2. The first kappa shape index (κ1) is 26.9. The molecule has 0 unspecified atom stereocenters. The number of nitrogens with zero attached hydrogens (tertiary/aromatic N) is 2. The monoisotopic (exact) mass is 464 g/mol. The van der Waals surface area contributed by atoms with Gasteiger partial charge in [0.05, 0.1) is 31.7 Å². The van der Waals surface area contributed by atoms with Gasteiger partial charge >= 0.3 is 0 Å². The van der Waals surface area contributed by atoms with Gasteiger partial charge in [-0.1, -0.05) is 6.07 Å². The minimum absolute atomic E-state index is 0.125. The zero-order valence-electron chi connectivity index (χ0n) is 19.5. The van der Waals surface area contributed by atoms with Gasteiger partial charge in [-0.3, -0.25) is 4.48 Å². The molecule has 2 saturated carbocycles. The number of carbonyl (C=O) groups is 1. The molecule has 0 radical (unpaired) electrons. The highest BCUT2D eigenvalue weighted by atomic mass is 16.5. The van der Waals surface area contributed by atoms with Gasteiger partial charge in [-0.05, 0) is 75.0 Å². The summed E-state index contributed by atoms with van der Waals surface area (Å²) in [4.78, 5) is 11.1. The number of benzene rings is 1. The second kappa shape index (κ2) is 12.2. The molecule has 33 heavy (non-hydrogen) atoms. The minimum Gasteiger partial charge on any atom is -0.550 e. The molecule has 3 rings (SSSR count). The predicted molar refractivity (Wildman–Crippen MR) is 118 cm³/mol. The number of aliphatic hydroxyl groups is 3. The van der Waals surface area contributed by atoms with Crippen LogP contribution in [0.4, 0.5) is 0 Å². The van der Waals surface area contributed by atoms with E-state index in [1.807, 2.05) is 18.2 Å². The second-order valence-electron chi connectivity index (χ2n) is 9.22. The van der Waals surface area contributed by atoms with E-state index in [2.05, 4.69) is 6.07 Å². The first-order valence-corrected chi connectivity index (χ1v) is 11.4. The Morgan fingerprint density at radius 1 is 1.12 bits per heavy atom. The lowest BCUT2D eigenvalue weighted by atomic mass is 9.67. The van der Waals surface area contributed by atoms with Crippen LogP contribution in [0.3, 0.4) is 0 Å². The van der Waals surface area contributed by atoms with Crippen LogP contribution in [-0.2, 0) is 10.2 Å². The molecule has 0 saturated heterocycles. The Balaban J connectivity index is 0.000000414. The Bertz CT molecular complexity index is 797. The molecule has 2 fully saturated rings. The molecule has 1 aromatic rings. The lowest BCUT2D eigenvalue weighted by molar-refractivity contribution is -0.959. The van der Waals surface area contributed by atoms with Gasteiger partial charge in [-0.25, -0.2) is 0 Å². The normalized spacial score (nSPS) is 23.2. The standard InChI is InChI=1S/C20H25NO4.C4H12NO3/c1-24-17-7-6-15(12-18(17)25-16-4-2-3-5-16)20(13-21)10-8-14(9-11-20)19(22)23;1-5(2-6,3-7)4-8/h6-7,12,14,16H,2-5,8-11H2,1H3,(H,22,23);6-8H,2-4H2,1H3/q;+1/p-1. The molecule has 0 amide bonds. The summed E-state index contributed by atoms with van der Waals surface area (Å²) in [5.41, 5.74) is 0.229. The third-order valence-corrected chi connectivity index (χ3v) is 6.72. The number of hydrogen-bond donors (Lipinski definition) is 3. The van der Waals surface area contributed by atoms with Crippen molar-refractivity contribution in [2.24, 2.45) is 5.92 Å². The van der Waals surface area contributed by atoms with E-state index in [0.717, 1.165) is 18.4 Å². The molecule has 0 aliphatic heterocycles. The van der Waals surface area contributed by atoms with Gasteiger partial charge < -0.3 is 34.7 Å². The van der Waals surface area contributed by atoms with Crippen LogP contribution in [0.2, 0.25) is 0 Å². The average molecular weight is 465 g/mol. The maximum Gasteiger partial charge on any atom is 0.183 e. The fourth-order valence-electron chi connectivity index (χ4n) is 4.20. The molecule has 0 atom stereocenters. The van der Waals surface area contributed by atoms with Gasteiger partial charge in [0.25, 0.3) is 0 Å². The summed E-state index contributed by atoms with van der Waals surface area (Å²) in [7, 11) is 3.15. The highest BCUT2D eigenvalue weighted by molar-refractivity contribution is 5.68. The highest BCUT2D eigenvalue weighted by Gasteiger charge is 2.38. The van der Waals surface area contributed by atoms with Crippen molar-refractivity contribution >= 4 is 5.97 Å². The van der Waals surface area contributed by atoms with Crippen molar-refractivity contribution in [2.45, 2.75) is 62.9 Å². The molecule has 2 aliphatic carbocycles. The number of hydrogen-bond acceptors (Lipinski definition) is 8. The van der Waals surface area contributed by atoms with Crippen molar-refractivity contribution in [1.82, 2.24) is 0 Å². The van der Waals surface area contributed by atoms with Crippen molar-refractivity contribution < 1.29 is 39.2 Å². The van der Waals surface area contributed by atoms with Crippen LogP contribution < -0.4 is 14.6 Å². The maximum absolute atomic E-state index is 11.1. The molecule has 1 aromatic carbocycles. The Morgan fingerprint density at radius 2 is 1.70 bits per heavy atom. The molecular weight excluding hydrogens is 428 g/mol. The highest BCUT2D eigenvalue weighted by Crippen LogP contribution is 2.44. The molecular formula is C24H36N2O7. The largest absolute Gasteiger partial charge is 0.550 e. The van der Waals surface area contributed by atoms with Crippen molar-refractivity contribution in [3.8, 4) is 17.6 Å². The number of quaternary nitrogens is 1. The van der Waals surface area contributed by atoms with E-state index in [9.17, 15) is 15.2 Å².